The zero-order chi connectivity index (χ0) is 11.3. The molecule has 15 heavy (non-hydrogen) atoms. The topological polar surface area (TPSA) is 26.3 Å². The molecule has 0 aliphatic carbocycles. The van der Waals surface area contributed by atoms with E-state index in [2.05, 4.69) is 6.92 Å². The minimum Gasteiger partial charge on any atom is -0.490 e. The van der Waals surface area contributed by atoms with Crippen molar-refractivity contribution in [2.75, 3.05) is 0 Å². The van der Waals surface area contributed by atoms with Crippen LogP contribution in [0.1, 0.15) is 37.0 Å². The van der Waals surface area contributed by atoms with Crippen LogP contribution in [0.3, 0.4) is 0 Å². The Morgan fingerprint density at radius 1 is 1.53 bits per heavy atom. The van der Waals surface area contributed by atoms with E-state index in [0.29, 0.717) is 16.3 Å². The Kier molecular flexibility index (Phi) is 4.63. The smallest absolute Gasteiger partial charge is 0.155 e. The molecule has 1 aromatic rings. The number of carbonyl (C=O) groups is 1. The maximum atomic E-state index is 10.8. The van der Waals surface area contributed by atoms with Crippen LogP contribution in [0, 0.1) is 0 Å². The first kappa shape index (κ1) is 12.1. The average molecular weight is 227 g/mol. The van der Waals surface area contributed by atoms with Gasteiger partial charge in [0, 0.05) is 0 Å². The van der Waals surface area contributed by atoms with Gasteiger partial charge in [0.25, 0.3) is 0 Å². The normalized spacial score (nSPS) is 12.2. The van der Waals surface area contributed by atoms with Gasteiger partial charge in [0.1, 0.15) is 5.75 Å². The van der Waals surface area contributed by atoms with Crippen LogP contribution in [-0.2, 0) is 0 Å². The second kappa shape index (κ2) is 5.76. The molecule has 0 N–H and O–H groups in total. The van der Waals surface area contributed by atoms with Crippen molar-refractivity contribution >= 4 is 17.9 Å². The maximum absolute atomic E-state index is 10.8. The number of hydrogen-bond donors (Lipinski definition) is 0. The summed E-state index contributed by atoms with van der Waals surface area (Å²) in [6.07, 6.45) is 2.85. The van der Waals surface area contributed by atoms with Crippen LogP contribution in [0.15, 0.2) is 18.2 Å². The van der Waals surface area contributed by atoms with Crippen LogP contribution >= 0.6 is 11.6 Å². The van der Waals surface area contributed by atoms with E-state index in [4.69, 9.17) is 16.3 Å². The van der Waals surface area contributed by atoms with Crippen molar-refractivity contribution in [2.45, 2.75) is 32.8 Å². The van der Waals surface area contributed by atoms with Crippen LogP contribution in [0.4, 0.5) is 0 Å². The monoisotopic (exact) mass is 226 g/mol. The van der Waals surface area contributed by atoms with E-state index < -0.39 is 0 Å². The minimum atomic E-state index is 0.104. The van der Waals surface area contributed by atoms with Crippen LogP contribution in [0.2, 0.25) is 5.02 Å². The summed E-state index contributed by atoms with van der Waals surface area (Å²) in [5.41, 5.74) is 0.433. The zero-order valence-corrected chi connectivity index (χ0v) is 9.75. The predicted molar refractivity (Wildman–Crippen MR) is 61.8 cm³/mol. The molecule has 0 saturated carbocycles. The molecule has 0 radical (unpaired) electrons. The Hall–Kier alpha value is -1.02. The van der Waals surface area contributed by atoms with Crippen LogP contribution < -0.4 is 4.74 Å². The van der Waals surface area contributed by atoms with E-state index in [0.717, 1.165) is 19.1 Å². The summed E-state index contributed by atoms with van der Waals surface area (Å²) >= 11 is 5.88. The fraction of sp³-hybridized carbons (Fsp3) is 0.417. The summed E-state index contributed by atoms with van der Waals surface area (Å²) in [6, 6.07) is 5.23. The molecular formula is C12H15ClO2. The highest BCUT2D eigenvalue weighted by Gasteiger charge is 2.09. The van der Waals surface area contributed by atoms with Gasteiger partial charge in [-0.25, -0.2) is 0 Å². The highest BCUT2D eigenvalue weighted by atomic mass is 35.5. The molecule has 0 aromatic heterocycles. The van der Waals surface area contributed by atoms with Crippen molar-refractivity contribution in [1.82, 2.24) is 0 Å². The Balaban J connectivity index is 2.84. The largest absolute Gasteiger partial charge is 0.490 e. The van der Waals surface area contributed by atoms with E-state index >= 15 is 0 Å². The number of halogens is 1. The van der Waals surface area contributed by atoms with Crippen molar-refractivity contribution in [3.05, 3.63) is 28.8 Å². The van der Waals surface area contributed by atoms with Crippen LogP contribution in [-0.4, -0.2) is 12.4 Å². The van der Waals surface area contributed by atoms with Gasteiger partial charge in [-0.1, -0.05) is 31.0 Å². The molecule has 2 nitrogen and oxygen atoms in total. The number of rotatable bonds is 5. The fourth-order valence-corrected chi connectivity index (χ4v) is 1.63. The third-order valence-corrected chi connectivity index (χ3v) is 2.48. The molecule has 0 spiro atoms. The molecule has 1 unspecified atom stereocenters. The summed E-state index contributed by atoms with van der Waals surface area (Å²) < 4.78 is 5.64. The van der Waals surface area contributed by atoms with Gasteiger partial charge in [-0.15, -0.1) is 0 Å². The van der Waals surface area contributed by atoms with E-state index in [1.807, 2.05) is 6.92 Å². The molecule has 1 rings (SSSR count). The first-order valence-corrected chi connectivity index (χ1v) is 5.47. The first-order valence-electron chi connectivity index (χ1n) is 5.09. The molecule has 0 saturated heterocycles. The third-order valence-electron chi connectivity index (χ3n) is 2.15. The molecule has 0 bridgehead atoms. The molecule has 0 aliphatic rings. The lowest BCUT2D eigenvalue weighted by Gasteiger charge is -2.15. The molecule has 0 aliphatic heterocycles. The van der Waals surface area contributed by atoms with E-state index in [-0.39, 0.29) is 6.10 Å². The van der Waals surface area contributed by atoms with Gasteiger partial charge in [-0.05, 0) is 25.5 Å². The highest BCUT2D eigenvalue weighted by Crippen LogP contribution is 2.25. The van der Waals surface area contributed by atoms with Crippen molar-refractivity contribution < 1.29 is 9.53 Å². The number of ether oxygens (including phenoxy) is 1. The molecule has 1 aromatic carbocycles. The molecule has 0 amide bonds. The van der Waals surface area contributed by atoms with Gasteiger partial charge in [-0.2, -0.15) is 0 Å². The van der Waals surface area contributed by atoms with Crippen molar-refractivity contribution in [2.24, 2.45) is 0 Å². The van der Waals surface area contributed by atoms with Gasteiger partial charge in [0.2, 0.25) is 0 Å². The molecule has 0 heterocycles. The number of carbonyl (C=O) groups excluding carboxylic acids is 1. The second-order valence-corrected chi connectivity index (χ2v) is 3.89. The van der Waals surface area contributed by atoms with Gasteiger partial charge < -0.3 is 4.74 Å². The van der Waals surface area contributed by atoms with Crippen molar-refractivity contribution in [3.63, 3.8) is 0 Å². The van der Waals surface area contributed by atoms with Gasteiger partial charge >= 0.3 is 0 Å². The lowest BCUT2D eigenvalue weighted by atomic mass is 10.2. The zero-order valence-electron chi connectivity index (χ0n) is 9.00. The molecule has 1 atom stereocenters. The van der Waals surface area contributed by atoms with E-state index in [1.165, 1.54) is 0 Å². The Labute approximate surface area is 95.2 Å². The summed E-state index contributed by atoms with van der Waals surface area (Å²) in [5, 5.41) is 0.436. The Morgan fingerprint density at radius 3 is 2.87 bits per heavy atom. The molecule has 3 heteroatoms. The second-order valence-electron chi connectivity index (χ2n) is 3.49. The lowest BCUT2D eigenvalue weighted by Crippen LogP contribution is -2.12. The lowest BCUT2D eigenvalue weighted by molar-refractivity contribution is 0.111. The molecular weight excluding hydrogens is 212 g/mol. The standard InChI is InChI=1S/C12H15ClO2/c1-3-5-9(2)15-12-7-4-6-11(13)10(12)8-14/h4,6-9H,3,5H2,1-2H3. The van der Waals surface area contributed by atoms with Gasteiger partial charge in [-0.3, -0.25) is 4.79 Å². The maximum Gasteiger partial charge on any atom is 0.155 e. The number of aldehydes is 1. The summed E-state index contributed by atoms with van der Waals surface area (Å²) in [5.74, 6) is 0.568. The molecule has 82 valence electrons. The quantitative estimate of drug-likeness (QED) is 0.716. The third kappa shape index (κ3) is 3.24. The van der Waals surface area contributed by atoms with Gasteiger partial charge in [0.05, 0.1) is 16.7 Å². The van der Waals surface area contributed by atoms with E-state index in [1.54, 1.807) is 18.2 Å². The van der Waals surface area contributed by atoms with E-state index in [9.17, 15) is 4.79 Å². The summed E-state index contributed by atoms with van der Waals surface area (Å²) in [7, 11) is 0. The summed E-state index contributed by atoms with van der Waals surface area (Å²) in [6.45, 7) is 4.08. The SMILES string of the molecule is CCCC(C)Oc1cccc(Cl)c1C=O. The number of benzene rings is 1. The fourth-order valence-electron chi connectivity index (χ4n) is 1.42. The van der Waals surface area contributed by atoms with Crippen LogP contribution in [0.5, 0.6) is 5.75 Å². The highest BCUT2D eigenvalue weighted by molar-refractivity contribution is 6.33. The van der Waals surface area contributed by atoms with Gasteiger partial charge in [0.15, 0.2) is 6.29 Å². The Bertz CT molecular complexity index is 336. The van der Waals surface area contributed by atoms with Crippen LogP contribution in [0.25, 0.3) is 0 Å². The Morgan fingerprint density at radius 2 is 2.27 bits per heavy atom. The minimum absolute atomic E-state index is 0.104. The number of hydrogen-bond acceptors (Lipinski definition) is 2. The predicted octanol–water partition coefficient (Wildman–Crippen LogP) is 3.72. The first-order chi connectivity index (χ1) is 7.19. The van der Waals surface area contributed by atoms with Crippen molar-refractivity contribution in [3.8, 4) is 5.75 Å². The van der Waals surface area contributed by atoms with Crippen molar-refractivity contribution in [1.29, 1.82) is 0 Å². The summed E-state index contributed by atoms with van der Waals surface area (Å²) in [4.78, 5) is 10.8. The average Bonchev–Trinajstić information content (AvgIpc) is 2.18. The molecule has 0 fully saturated rings.